The average molecular weight is 525 g/mol. The van der Waals surface area contributed by atoms with Crippen molar-refractivity contribution < 1.29 is 16.6 Å². The van der Waals surface area contributed by atoms with Gasteiger partial charge in [0.15, 0.2) is 0 Å². The first-order chi connectivity index (χ1) is 17.8. The van der Waals surface area contributed by atoms with Crippen molar-refractivity contribution in [1.82, 2.24) is 0 Å². The molecule has 0 N–H and O–H groups in total. The van der Waals surface area contributed by atoms with Crippen molar-refractivity contribution in [3.05, 3.63) is 128 Å². The molecule has 5 atom stereocenters. The first-order valence-electron chi connectivity index (χ1n) is 14.4. The van der Waals surface area contributed by atoms with E-state index in [1.54, 1.807) is 16.7 Å². The first-order valence-corrected chi connectivity index (χ1v) is 18.5. The van der Waals surface area contributed by atoms with E-state index in [1.165, 1.54) is 30.9 Å². The number of benzene rings is 3. The molecule has 0 radical (unpaired) electrons. The summed E-state index contributed by atoms with van der Waals surface area (Å²) in [5, 5.41) is 0. The zero-order chi connectivity index (χ0) is 26.2. The number of rotatable bonds is 7. The third-order valence-corrected chi connectivity index (χ3v) is 18.2. The molecule has 0 nitrogen and oxygen atoms in total. The van der Waals surface area contributed by atoms with Crippen LogP contribution in [0.2, 0.25) is 0 Å². The third kappa shape index (κ3) is 5.00. The molecule has 3 aromatic rings. The molecule has 0 heterocycles. The second-order valence-electron chi connectivity index (χ2n) is 12.2. The predicted molar refractivity (Wildman–Crippen MR) is 156 cm³/mol. The van der Waals surface area contributed by atoms with E-state index in [4.69, 9.17) is 0 Å². The Bertz CT molecular complexity index is 1170. The molecule has 2 aliphatic carbocycles. The van der Waals surface area contributed by atoms with Gasteiger partial charge >= 0.3 is 230 Å². The van der Waals surface area contributed by atoms with Gasteiger partial charge < -0.3 is 0 Å². The Labute approximate surface area is 229 Å². The van der Waals surface area contributed by atoms with Gasteiger partial charge in [-0.1, -0.05) is 0 Å². The van der Waals surface area contributed by atoms with Crippen LogP contribution in [0, 0.1) is 29.6 Å². The molecule has 5 unspecified atom stereocenters. The van der Waals surface area contributed by atoms with E-state index in [-0.39, 0.29) is 0 Å². The Morgan fingerprint density at radius 3 is 1.32 bits per heavy atom. The second-order valence-corrected chi connectivity index (χ2v) is 18.7. The Morgan fingerprint density at radius 2 is 0.919 bits per heavy atom. The molecule has 0 saturated carbocycles. The quantitative estimate of drug-likeness (QED) is 0.270. The zero-order valence-electron chi connectivity index (χ0n) is 23.7. The Balaban J connectivity index is 1.71. The van der Waals surface area contributed by atoms with Crippen molar-refractivity contribution >= 4 is 0 Å². The van der Waals surface area contributed by atoms with Crippen LogP contribution in [0.1, 0.15) is 58.2 Å². The fourth-order valence-electron chi connectivity index (χ4n) is 8.07. The van der Waals surface area contributed by atoms with E-state index in [9.17, 15) is 0 Å². The molecular weight excluding hydrogens is 480 g/mol. The van der Waals surface area contributed by atoms with Crippen molar-refractivity contribution in [2.45, 2.75) is 55.7 Å². The van der Waals surface area contributed by atoms with Crippen LogP contribution in [-0.4, -0.2) is 0 Å². The third-order valence-electron chi connectivity index (χ3n) is 10.1. The SMILES string of the molecule is CC1=[C]([Ti]([CH2]c2ccccc2)([CH2]c2ccccc2)[CH2]c2ccccc2)C(C)C2=C1C(C)C(C)C(C)C2C. The molecule has 0 aromatic heterocycles. The Morgan fingerprint density at radius 1 is 0.541 bits per heavy atom. The summed E-state index contributed by atoms with van der Waals surface area (Å²) in [5.74, 6) is 3.34. The molecule has 2 aliphatic rings. The summed E-state index contributed by atoms with van der Waals surface area (Å²) in [5.41, 5.74) is 9.78. The molecular formula is C36H44Ti. The van der Waals surface area contributed by atoms with Crippen molar-refractivity contribution in [3.63, 3.8) is 0 Å². The van der Waals surface area contributed by atoms with Crippen LogP contribution in [0.4, 0.5) is 0 Å². The number of hydrogen-bond acceptors (Lipinski definition) is 0. The molecule has 0 saturated heterocycles. The summed E-state index contributed by atoms with van der Waals surface area (Å²) < 4.78 is 5.63. The first kappa shape index (κ1) is 26.5. The van der Waals surface area contributed by atoms with E-state index in [1.807, 2.05) is 3.88 Å². The molecule has 37 heavy (non-hydrogen) atoms. The van der Waals surface area contributed by atoms with E-state index < -0.39 is 16.6 Å². The Kier molecular flexibility index (Phi) is 7.81. The van der Waals surface area contributed by atoms with Gasteiger partial charge in [0, 0.05) is 0 Å². The minimum absolute atomic E-state index is 0.568. The molecule has 1 heteroatoms. The fraction of sp³-hybridized carbons (Fsp3) is 0.389. The molecule has 192 valence electrons. The summed E-state index contributed by atoms with van der Waals surface area (Å²) in [7, 11) is 0. The van der Waals surface area contributed by atoms with Gasteiger partial charge in [-0.3, -0.25) is 0 Å². The van der Waals surface area contributed by atoms with Crippen molar-refractivity contribution in [3.8, 4) is 0 Å². The zero-order valence-corrected chi connectivity index (χ0v) is 25.2. The van der Waals surface area contributed by atoms with Crippen LogP contribution in [0.5, 0.6) is 0 Å². The van der Waals surface area contributed by atoms with Crippen molar-refractivity contribution in [1.29, 1.82) is 0 Å². The maximum absolute atomic E-state index is 2.79. The summed E-state index contributed by atoms with van der Waals surface area (Å²) in [6, 6.07) is 34.2. The molecule has 0 fully saturated rings. The van der Waals surface area contributed by atoms with Gasteiger partial charge in [0.05, 0.1) is 0 Å². The van der Waals surface area contributed by atoms with Gasteiger partial charge in [-0.2, -0.15) is 0 Å². The molecule has 5 rings (SSSR count). The predicted octanol–water partition coefficient (Wildman–Crippen LogP) is 9.52. The monoisotopic (exact) mass is 524 g/mol. The van der Waals surface area contributed by atoms with E-state index in [0.717, 1.165) is 11.8 Å². The standard InChI is InChI=1S/C15H23.3C7H7.Ti/c1-8-7-9(2)15-13(6)11(4)10(3)12(5)14(8)15;3*1-7-5-3-2-4-6-7;/h8,10-13H,1-6H3;3*2-6H,1H2;. The van der Waals surface area contributed by atoms with Crippen LogP contribution < -0.4 is 0 Å². The molecule has 0 aliphatic heterocycles. The van der Waals surface area contributed by atoms with Gasteiger partial charge in [0.2, 0.25) is 0 Å². The van der Waals surface area contributed by atoms with Crippen molar-refractivity contribution in [2.24, 2.45) is 29.6 Å². The van der Waals surface area contributed by atoms with Crippen LogP contribution in [0.25, 0.3) is 0 Å². The van der Waals surface area contributed by atoms with Gasteiger partial charge in [0.25, 0.3) is 0 Å². The molecule has 3 aromatic carbocycles. The van der Waals surface area contributed by atoms with Gasteiger partial charge in [-0.05, 0) is 0 Å². The summed E-state index contributed by atoms with van der Waals surface area (Å²) in [6.07, 6.45) is 0. The van der Waals surface area contributed by atoms with Crippen LogP contribution in [0.3, 0.4) is 0 Å². The number of hydrogen-bond donors (Lipinski definition) is 0. The van der Waals surface area contributed by atoms with E-state index >= 15 is 0 Å². The van der Waals surface area contributed by atoms with Crippen molar-refractivity contribution in [2.75, 3.05) is 0 Å². The normalized spacial score (nSPS) is 25.9. The van der Waals surface area contributed by atoms with Gasteiger partial charge in [-0.25, -0.2) is 0 Å². The van der Waals surface area contributed by atoms with Crippen LogP contribution >= 0.6 is 0 Å². The van der Waals surface area contributed by atoms with Crippen LogP contribution in [0.15, 0.2) is 112 Å². The summed E-state index contributed by atoms with van der Waals surface area (Å²) in [4.78, 5) is 0. The van der Waals surface area contributed by atoms with E-state index in [2.05, 4.69) is 133 Å². The van der Waals surface area contributed by atoms with Gasteiger partial charge in [-0.15, -0.1) is 0 Å². The van der Waals surface area contributed by atoms with Gasteiger partial charge in [0.1, 0.15) is 0 Å². The molecule has 0 amide bonds. The molecule has 0 spiro atoms. The Hall–Kier alpha value is -2.15. The topological polar surface area (TPSA) is 0 Å². The summed E-state index contributed by atoms with van der Waals surface area (Å²) >= 11 is -2.79. The average Bonchev–Trinajstić information content (AvgIpc) is 3.18. The second kappa shape index (κ2) is 10.9. The maximum atomic E-state index is 2.58. The minimum atomic E-state index is -2.79. The number of allylic oxidation sites excluding steroid dienone is 4. The van der Waals surface area contributed by atoms with Crippen LogP contribution in [-0.2, 0) is 30.8 Å². The fourth-order valence-corrected chi connectivity index (χ4v) is 17.4. The summed E-state index contributed by atoms with van der Waals surface area (Å²) in [6.45, 7) is 15.1. The molecule has 0 bridgehead atoms. The van der Waals surface area contributed by atoms with E-state index in [0.29, 0.717) is 17.8 Å².